The molecule has 0 spiro atoms. The van der Waals surface area contributed by atoms with Gasteiger partial charge in [0.25, 0.3) is 0 Å². The second-order valence-electron chi connectivity index (χ2n) is 7.17. The Morgan fingerprint density at radius 2 is 1.67 bits per heavy atom. The summed E-state index contributed by atoms with van der Waals surface area (Å²) in [5, 5.41) is 10.1. The van der Waals surface area contributed by atoms with Crippen LogP contribution in [-0.2, 0) is 19.3 Å². The molecule has 0 saturated carbocycles. The smallest absolute Gasteiger partial charge is 0.336 e. The fourth-order valence-electron chi connectivity index (χ4n) is 3.50. The fourth-order valence-corrected chi connectivity index (χ4v) is 3.71. The summed E-state index contributed by atoms with van der Waals surface area (Å²) in [6.07, 6.45) is 4.24. The molecule has 0 amide bonds. The summed E-state index contributed by atoms with van der Waals surface area (Å²) in [6.45, 7) is 0. The Morgan fingerprint density at radius 3 is 2.43 bits per heavy atom. The van der Waals surface area contributed by atoms with E-state index in [9.17, 15) is 9.90 Å². The van der Waals surface area contributed by atoms with Gasteiger partial charge in [0.05, 0.1) is 5.56 Å². The minimum atomic E-state index is -0.917. The minimum Gasteiger partial charge on any atom is -0.478 e. The fraction of sp³-hybridized carbons (Fsp3) is 0.120. The number of halogens is 1. The molecule has 30 heavy (non-hydrogen) atoms. The summed E-state index contributed by atoms with van der Waals surface area (Å²) in [4.78, 5) is 19.3. The predicted molar refractivity (Wildman–Crippen MR) is 119 cm³/mol. The first-order valence-corrected chi connectivity index (χ1v) is 10.2. The number of aromatic carboxylic acids is 1. The van der Waals surface area contributed by atoms with Gasteiger partial charge in [0.2, 0.25) is 0 Å². The predicted octanol–water partition coefficient (Wildman–Crippen LogP) is 5.80. The zero-order valence-electron chi connectivity index (χ0n) is 16.3. The van der Waals surface area contributed by atoms with Gasteiger partial charge in [-0.2, -0.15) is 0 Å². The van der Waals surface area contributed by atoms with Crippen LogP contribution in [0.4, 0.5) is 0 Å². The van der Waals surface area contributed by atoms with Crippen LogP contribution >= 0.6 is 11.6 Å². The Balaban J connectivity index is 1.40. The SMILES string of the molecule is O=C(O)c1ccccc1-c1ccc(CCc2ncc(Cc3ccccc3Cl)[nH]2)cc1. The van der Waals surface area contributed by atoms with Crippen molar-refractivity contribution in [3.63, 3.8) is 0 Å². The molecule has 1 heterocycles. The highest BCUT2D eigenvalue weighted by Crippen LogP contribution is 2.24. The van der Waals surface area contributed by atoms with Gasteiger partial charge in [-0.05, 0) is 40.8 Å². The van der Waals surface area contributed by atoms with Gasteiger partial charge in [0.15, 0.2) is 0 Å². The molecule has 5 heteroatoms. The first kappa shape index (κ1) is 19.9. The molecule has 0 fully saturated rings. The standard InChI is InChI=1S/C25H21ClN2O2/c26-23-8-4-1-5-19(23)15-20-16-27-24(28-20)14-11-17-9-12-18(13-10-17)21-6-2-3-7-22(21)25(29)30/h1-10,12-13,16H,11,14-15H2,(H,27,28)(H,29,30). The Labute approximate surface area is 180 Å². The van der Waals surface area contributed by atoms with Crippen LogP contribution in [0.15, 0.2) is 79.0 Å². The summed E-state index contributed by atoms with van der Waals surface area (Å²) >= 11 is 6.24. The molecule has 4 nitrogen and oxygen atoms in total. The molecule has 0 bridgehead atoms. The van der Waals surface area contributed by atoms with E-state index in [2.05, 4.69) is 9.97 Å². The van der Waals surface area contributed by atoms with Crippen molar-refractivity contribution in [2.45, 2.75) is 19.3 Å². The maximum Gasteiger partial charge on any atom is 0.336 e. The number of benzene rings is 3. The molecular weight excluding hydrogens is 396 g/mol. The Hall–Kier alpha value is -3.37. The highest BCUT2D eigenvalue weighted by Gasteiger charge is 2.11. The van der Waals surface area contributed by atoms with Crippen molar-refractivity contribution < 1.29 is 9.90 Å². The average molecular weight is 417 g/mol. The van der Waals surface area contributed by atoms with Gasteiger partial charge >= 0.3 is 5.97 Å². The number of nitrogens with one attached hydrogen (secondary N) is 1. The zero-order chi connectivity index (χ0) is 20.9. The molecular formula is C25H21ClN2O2. The van der Waals surface area contributed by atoms with Gasteiger partial charge in [0.1, 0.15) is 5.82 Å². The van der Waals surface area contributed by atoms with Crippen LogP contribution in [0, 0.1) is 0 Å². The third kappa shape index (κ3) is 4.61. The molecule has 2 N–H and O–H groups in total. The summed E-state index contributed by atoms with van der Waals surface area (Å²) in [5.41, 5.74) is 5.23. The summed E-state index contributed by atoms with van der Waals surface area (Å²) in [6, 6.07) is 22.9. The summed E-state index contributed by atoms with van der Waals surface area (Å²) < 4.78 is 0. The number of carboxylic acid groups (broad SMARTS) is 1. The number of aromatic amines is 1. The average Bonchev–Trinajstić information content (AvgIpc) is 3.22. The first-order chi connectivity index (χ1) is 14.6. The molecule has 0 unspecified atom stereocenters. The quantitative estimate of drug-likeness (QED) is 0.400. The first-order valence-electron chi connectivity index (χ1n) is 9.78. The highest BCUT2D eigenvalue weighted by molar-refractivity contribution is 6.31. The van der Waals surface area contributed by atoms with E-state index in [0.717, 1.165) is 52.5 Å². The van der Waals surface area contributed by atoms with Crippen molar-refractivity contribution in [1.29, 1.82) is 0 Å². The monoisotopic (exact) mass is 416 g/mol. The molecule has 0 atom stereocenters. The number of rotatable bonds is 7. The number of imidazole rings is 1. The number of hydrogen-bond donors (Lipinski definition) is 2. The van der Waals surface area contributed by atoms with E-state index in [4.69, 9.17) is 11.6 Å². The minimum absolute atomic E-state index is 0.312. The highest BCUT2D eigenvalue weighted by atomic mass is 35.5. The molecule has 0 aliphatic rings. The van der Waals surface area contributed by atoms with Crippen molar-refractivity contribution in [3.8, 4) is 11.1 Å². The second-order valence-corrected chi connectivity index (χ2v) is 7.58. The van der Waals surface area contributed by atoms with Crippen LogP contribution in [0.5, 0.6) is 0 Å². The number of H-pyrrole nitrogens is 1. The van der Waals surface area contributed by atoms with Crippen molar-refractivity contribution >= 4 is 17.6 Å². The van der Waals surface area contributed by atoms with E-state index in [0.29, 0.717) is 5.56 Å². The molecule has 3 aromatic carbocycles. The van der Waals surface area contributed by atoms with E-state index >= 15 is 0 Å². The van der Waals surface area contributed by atoms with Crippen LogP contribution in [0.25, 0.3) is 11.1 Å². The van der Waals surface area contributed by atoms with Gasteiger partial charge in [0, 0.05) is 29.8 Å². The summed E-state index contributed by atoms with van der Waals surface area (Å²) in [5.74, 6) is 0.0254. The Morgan fingerprint density at radius 1 is 0.933 bits per heavy atom. The molecule has 1 aromatic heterocycles. The Bertz CT molecular complexity index is 1170. The summed E-state index contributed by atoms with van der Waals surface area (Å²) in [7, 11) is 0. The van der Waals surface area contributed by atoms with E-state index < -0.39 is 5.97 Å². The Kier molecular flexibility index (Phi) is 5.96. The number of carboxylic acids is 1. The lowest BCUT2D eigenvalue weighted by molar-refractivity contribution is 0.0697. The van der Waals surface area contributed by atoms with Gasteiger partial charge in [-0.25, -0.2) is 9.78 Å². The van der Waals surface area contributed by atoms with E-state index in [1.54, 1.807) is 12.1 Å². The lowest BCUT2D eigenvalue weighted by Gasteiger charge is -2.07. The van der Waals surface area contributed by atoms with Crippen molar-refractivity contribution in [1.82, 2.24) is 9.97 Å². The van der Waals surface area contributed by atoms with Crippen molar-refractivity contribution in [3.05, 3.63) is 112 Å². The second kappa shape index (κ2) is 8.97. The molecule has 0 saturated heterocycles. The molecule has 4 rings (SSSR count). The molecule has 0 radical (unpaired) electrons. The lowest BCUT2D eigenvalue weighted by atomic mass is 9.98. The van der Waals surface area contributed by atoms with Crippen LogP contribution in [-0.4, -0.2) is 21.0 Å². The van der Waals surface area contributed by atoms with Crippen molar-refractivity contribution in [2.24, 2.45) is 0 Å². The van der Waals surface area contributed by atoms with E-state index in [-0.39, 0.29) is 0 Å². The van der Waals surface area contributed by atoms with Crippen LogP contribution in [0.1, 0.15) is 33.0 Å². The van der Waals surface area contributed by atoms with Crippen LogP contribution < -0.4 is 0 Å². The zero-order valence-corrected chi connectivity index (χ0v) is 17.1. The third-order valence-electron chi connectivity index (χ3n) is 5.09. The normalized spacial score (nSPS) is 10.8. The number of nitrogens with zero attached hydrogens (tertiary/aromatic N) is 1. The maximum absolute atomic E-state index is 11.4. The lowest BCUT2D eigenvalue weighted by Crippen LogP contribution is -1.99. The number of hydrogen-bond acceptors (Lipinski definition) is 2. The topological polar surface area (TPSA) is 66.0 Å². The third-order valence-corrected chi connectivity index (χ3v) is 5.46. The van der Waals surface area contributed by atoms with Gasteiger partial charge in [-0.3, -0.25) is 0 Å². The van der Waals surface area contributed by atoms with Gasteiger partial charge < -0.3 is 10.1 Å². The number of carbonyl (C=O) groups is 1. The number of aromatic nitrogens is 2. The van der Waals surface area contributed by atoms with Gasteiger partial charge in [-0.1, -0.05) is 72.3 Å². The van der Waals surface area contributed by atoms with Crippen LogP contribution in [0.2, 0.25) is 5.02 Å². The van der Waals surface area contributed by atoms with Gasteiger partial charge in [-0.15, -0.1) is 0 Å². The molecule has 0 aliphatic heterocycles. The molecule has 4 aromatic rings. The van der Waals surface area contributed by atoms with Crippen molar-refractivity contribution in [2.75, 3.05) is 0 Å². The maximum atomic E-state index is 11.4. The van der Waals surface area contributed by atoms with Crippen LogP contribution in [0.3, 0.4) is 0 Å². The van der Waals surface area contributed by atoms with E-state index in [1.165, 1.54) is 5.56 Å². The van der Waals surface area contributed by atoms with E-state index in [1.807, 2.05) is 66.9 Å². The molecule has 0 aliphatic carbocycles. The largest absolute Gasteiger partial charge is 0.478 e. The molecule has 150 valence electrons. The number of aryl methyl sites for hydroxylation is 2.